The molecule has 1 aliphatic carbocycles. The number of esters is 1. The first-order chi connectivity index (χ1) is 14.1. The molecule has 4 aliphatic rings. The number of aliphatic hydroxyl groups excluding tert-OH is 1. The van der Waals surface area contributed by atoms with Crippen molar-refractivity contribution in [1.29, 1.82) is 0 Å². The van der Waals surface area contributed by atoms with Crippen LogP contribution in [0.5, 0.6) is 0 Å². The van der Waals surface area contributed by atoms with E-state index in [1.54, 1.807) is 13.8 Å². The van der Waals surface area contributed by atoms with Crippen LogP contribution in [0.25, 0.3) is 0 Å². The van der Waals surface area contributed by atoms with E-state index >= 15 is 0 Å². The lowest BCUT2D eigenvalue weighted by Gasteiger charge is -2.52. The van der Waals surface area contributed by atoms with Crippen molar-refractivity contribution in [3.8, 4) is 0 Å². The van der Waals surface area contributed by atoms with Crippen molar-refractivity contribution in [3.63, 3.8) is 0 Å². The zero-order chi connectivity index (χ0) is 22.0. The number of aliphatic hydroxyl groups is 2. The first-order valence-corrected chi connectivity index (χ1v) is 10.8. The van der Waals surface area contributed by atoms with Crippen molar-refractivity contribution < 1.29 is 29.2 Å². The van der Waals surface area contributed by atoms with Crippen molar-refractivity contribution in [2.75, 3.05) is 0 Å². The van der Waals surface area contributed by atoms with Crippen LogP contribution in [0.15, 0.2) is 46.0 Å². The Morgan fingerprint density at radius 1 is 1.27 bits per heavy atom. The van der Waals surface area contributed by atoms with Gasteiger partial charge in [-0.1, -0.05) is 32.4 Å². The van der Waals surface area contributed by atoms with E-state index in [0.717, 1.165) is 23.1 Å². The smallest absolute Gasteiger partial charge is 0.335 e. The Bertz CT molecular complexity index is 901. The zero-order valence-corrected chi connectivity index (χ0v) is 18.6. The number of rotatable bonds is 4. The van der Waals surface area contributed by atoms with Crippen LogP contribution in [0, 0.1) is 11.3 Å². The Balaban J connectivity index is 1.98. The topological polar surface area (TPSA) is 85.2 Å². The maximum Gasteiger partial charge on any atom is 0.335 e. The van der Waals surface area contributed by atoms with Gasteiger partial charge in [-0.2, -0.15) is 0 Å². The average Bonchev–Trinajstić information content (AvgIpc) is 3.04. The van der Waals surface area contributed by atoms with Gasteiger partial charge in [0.15, 0.2) is 0 Å². The SMILES string of the molecule is CCC1OC2C(CC=C(C)C)=C3OC(C)(O)C(C)(CC)C(O)C3=C3OC(=O)C=C1C32. The number of carbonyl (C=O) groups excluding carboxylic acids is 1. The van der Waals surface area contributed by atoms with E-state index in [1.165, 1.54) is 6.08 Å². The first kappa shape index (κ1) is 21.3. The molecular formula is C24H32O6. The fraction of sp³-hybridized carbons (Fsp3) is 0.625. The Kier molecular flexibility index (Phi) is 5.03. The summed E-state index contributed by atoms with van der Waals surface area (Å²) in [6, 6.07) is 0. The summed E-state index contributed by atoms with van der Waals surface area (Å²) in [5, 5.41) is 22.7. The van der Waals surface area contributed by atoms with E-state index in [9.17, 15) is 15.0 Å². The highest BCUT2D eigenvalue weighted by Gasteiger charge is 2.61. The van der Waals surface area contributed by atoms with Crippen LogP contribution in [-0.4, -0.2) is 40.3 Å². The van der Waals surface area contributed by atoms with Crippen molar-refractivity contribution in [1.82, 2.24) is 0 Å². The number of allylic oxidation sites excluding steroid dienone is 2. The molecule has 0 aromatic carbocycles. The summed E-state index contributed by atoms with van der Waals surface area (Å²) >= 11 is 0. The van der Waals surface area contributed by atoms with Gasteiger partial charge in [0.25, 0.3) is 0 Å². The Morgan fingerprint density at radius 2 is 1.97 bits per heavy atom. The molecule has 6 unspecified atom stereocenters. The molecule has 0 spiro atoms. The third-order valence-corrected chi connectivity index (χ3v) is 7.34. The van der Waals surface area contributed by atoms with Gasteiger partial charge in [0, 0.05) is 18.6 Å². The summed E-state index contributed by atoms with van der Waals surface area (Å²) in [5.41, 5.74) is 2.43. The van der Waals surface area contributed by atoms with Crippen LogP contribution in [0.3, 0.4) is 0 Å². The van der Waals surface area contributed by atoms with Gasteiger partial charge in [-0.25, -0.2) is 4.79 Å². The van der Waals surface area contributed by atoms with Crippen LogP contribution >= 0.6 is 0 Å². The monoisotopic (exact) mass is 416 g/mol. The van der Waals surface area contributed by atoms with Crippen LogP contribution in [-0.2, 0) is 19.0 Å². The predicted molar refractivity (Wildman–Crippen MR) is 111 cm³/mol. The molecule has 0 amide bonds. The average molecular weight is 417 g/mol. The maximum absolute atomic E-state index is 12.4. The summed E-state index contributed by atoms with van der Waals surface area (Å²) in [6.45, 7) is 11.4. The third-order valence-electron chi connectivity index (χ3n) is 7.34. The predicted octanol–water partition coefficient (Wildman–Crippen LogP) is 3.66. The van der Waals surface area contributed by atoms with Gasteiger partial charge in [-0.15, -0.1) is 0 Å². The molecule has 2 saturated heterocycles. The second-order valence-corrected chi connectivity index (χ2v) is 9.37. The fourth-order valence-electron chi connectivity index (χ4n) is 5.08. The number of ether oxygens (including phenoxy) is 3. The van der Waals surface area contributed by atoms with E-state index in [2.05, 4.69) is 6.08 Å². The molecule has 0 radical (unpaired) electrons. The van der Waals surface area contributed by atoms with Crippen LogP contribution < -0.4 is 0 Å². The molecule has 3 heterocycles. The molecule has 6 heteroatoms. The number of fused-ring (bicyclic) bond motifs is 1. The van der Waals surface area contributed by atoms with Crippen molar-refractivity contribution in [2.45, 2.75) is 84.9 Å². The molecule has 2 fully saturated rings. The summed E-state index contributed by atoms with van der Waals surface area (Å²) in [7, 11) is 0. The minimum atomic E-state index is -1.59. The second kappa shape index (κ2) is 7.08. The van der Waals surface area contributed by atoms with Crippen LogP contribution in [0.2, 0.25) is 0 Å². The molecule has 6 nitrogen and oxygen atoms in total. The minimum Gasteiger partial charge on any atom is -0.462 e. The Morgan fingerprint density at radius 3 is 2.57 bits per heavy atom. The molecule has 2 N–H and O–H groups in total. The van der Waals surface area contributed by atoms with Gasteiger partial charge in [-0.3, -0.25) is 0 Å². The molecule has 6 atom stereocenters. The number of carbonyl (C=O) groups is 1. The van der Waals surface area contributed by atoms with Crippen molar-refractivity contribution in [3.05, 3.63) is 46.0 Å². The van der Waals surface area contributed by atoms with Gasteiger partial charge in [0.2, 0.25) is 5.79 Å². The summed E-state index contributed by atoms with van der Waals surface area (Å²) in [5.74, 6) is -1.49. The number of hydrogen-bond acceptors (Lipinski definition) is 6. The van der Waals surface area contributed by atoms with E-state index in [1.807, 2.05) is 27.7 Å². The highest BCUT2D eigenvalue weighted by molar-refractivity contribution is 5.86. The molecule has 30 heavy (non-hydrogen) atoms. The summed E-state index contributed by atoms with van der Waals surface area (Å²) < 4.78 is 18.3. The molecule has 0 bridgehead atoms. The van der Waals surface area contributed by atoms with E-state index < -0.39 is 23.3 Å². The normalized spacial score (nSPS) is 39.7. The molecule has 3 aliphatic heterocycles. The molecule has 0 aromatic heterocycles. The van der Waals surface area contributed by atoms with E-state index in [4.69, 9.17) is 14.2 Å². The maximum atomic E-state index is 12.4. The first-order valence-electron chi connectivity index (χ1n) is 10.8. The second-order valence-electron chi connectivity index (χ2n) is 9.37. The quantitative estimate of drug-likeness (QED) is 0.537. The van der Waals surface area contributed by atoms with Gasteiger partial charge in [0.1, 0.15) is 11.5 Å². The largest absolute Gasteiger partial charge is 0.462 e. The van der Waals surface area contributed by atoms with Gasteiger partial charge in [-0.05, 0) is 38.7 Å². The highest BCUT2D eigenvalue weighted by Crippen LogP contribution is 2.57. The Hall–Kier alpha value is -1.89. The molecular weight excluding hydrogens is 384 g/mol. The lowest BCUT2D eigenvalue weighted by Crippen LogP contribution is -2.58. The van der Waals surface area contributed by atoms with E-state index in [-0.39, 0.29) is 18.1 Å². The number of hydrogen-bond donors (Lipinski definition) is 2. The molecule has 0 aromatic rings. The third kappa shape index (κ3) is 2.84. The van der Waals surface area contributed by atoms with Gasteiger partial charge >= 0.3 is 5.97 Å². The highest BCUT2D eigenvalue weighted by atomic mass is 16.6. The lowest BCUT2D eigenvalue weighted by atomic mass is 9.66. The van der Waals surface area contributed by atoms with Crippen molar-refractivity contribution >= 4 is 5.97 Å². The lowest BCUT2D eigenvalue weighted by molar-refractivity contribution is -0.275. The van der Waals surface area contributed by atoms with Gasteiger partial charge < -0.3 is 24.4 Å². The fourth-order valence-corrected chi connectivity index (χ4v) is 5.08. The summed E-state index contributed by atoms with van der Waals surface area (Å²) in [4.78, 5) is 12.4. The Labute approximate surface area is 177 Å². The van der Waals surface area contributed by atoms with Crippen LogP contribution in [0.1, 0.15) is 60.8 Å². The molecule has 4 rings (SSSR count). The van der Waals surface area contributed by atoms with Crippen molar-refractivity contribution in [2.24, 2.45) is 11.3 Å². The summed E-state index contributed by atoms with van der Waals surface area (Å²) in [6.07, 6.45) is 3.81. The van der Waals surface area contributed by atoms with Gasteiger partial charge in [0.05, 0.1) is 35.2 Å². The minimum absolute atomic E-state index is 0.193. The zero-order valence-electron chi connectivity index (χ0n) is 18.6. The molecule has 0 saturated carbocycles. The van der Waals surface area contributed by atoms with E-state index in [0.29, 0.717) is 29.9 Å². The molecule has 164 valence electrons. The van der Waals surface area contributed by atoms with Crippen LogP contribution in [0.4, 0.5) is 0 Å². The standard InChI is InChI=1S/C24H32O6/c1-7-15-14-11-16(25)29-21-17(14)19(28-15)13(10-9-12(3)4)20-18(21)22(26)23(5,8-2)24(6,27)30-20/h9,11,15,17,19,22,26-27H,7-8,10H2,1-6H3.